The number of nitrogens with one attached hydrogen (secondary N) is 1. The molecule has 0 aliphatic heterocycles. The first-order valence-corrected chi connectivity index (χ1v) is 8.01. The van der Waals surface area contributed by atoms with E-state index in [1.54, 1.807) is 6.20 Å². The number of amides is 1. The van der Waals surface area contributed by atoms with Crippen LogP contribution in [0.1, 0.15) is 5.56 Å². The second kappa shape index (κ2) is 6.99. The Kier molecular flexibility index (Phi) is 4.79. The van der Waals surface area contributed by atoms with Gasteiger partial charge in [0.2, 0.25) is 0 Å². The third-order valence-corrected chi connectivity index (χ3v) is 4.04. The summed E-state index contributed by atoms with van der Waals surface area (Å²) in [7, 11) is 0. The number of hydrogen-bond acceptors (Lipinski definition) is 2. The van der Waals surface area contributed by atoms with Crippen LogP contribution < -0.4 is 5.32 Å². The van der Waals surface area contributed by atoms with Crippen LogP contribution in [0.15, 0.2) is 60.9 Å². The van der Waals surface area contributed by atoms with Gasteiger partial charge in [0.15, 0.2) is 4.84 Å². The molecule has 3 nitrogen and oxygen atoms in total. The first-order valence-electron chi connectivity index (χ1n) is 7.13. The molecule has 1 N–H and O–H groups in total. The number of benzene rings is 2. The minimum Gasteiger partial charge on any atom is -0.350 e. The second-order valence-corrected chi connectivity index (χ2v) is 6.17. The molecule has 116 valence electrons. The molecule has 0 aliphatic rings. The predicted molar refractivity (Wildman–Crippen MR) is 94.5 cm³/mol. The number of hydrogen-bond donors (Lipinski definition) is 1. The topological polar surface area (TPSA) is 42.0 Å². The van der Waals surface area contributed by atoms with Gasteiger partial charge in [0, 0.05) is 24.3 Å². The van der Waals surface area contributed by atoms with Crippen LogP contribution in [-0.2, 0) is 11.3 Å². The number of pyridine rings is 1. The number of alkyl halides is 2. The highest BCUT2D eigenvalue weighted by Crippen LogP contribution is 2.30. The fraction of sp³-hybridized carbons (Fsp3) is 0.111. The van der Waals surface area contributed by atoms with Crippen molar-refractivity contribution in [3.8, 4) is 11.1 Å². The summed E-state index contributed by atoms with van der Waals surface area (Å²) in [5.41, 5.74) is 3.24. The summed E-state index contributed by atoms with van der Waals surface area (Å²) in [5, 5.41) is 4.80. The van der Waals surface area contributed by atoms with Gasteiger partial charge < -0.3 is 5.32 Å². The zero-order valence-corrected chi connectivity index (χ0v) is 13.7. The lowest BCUT2D eigenvalue weighted by Gasteiger charge is -2.12. The Balaban J connectivity index is 2.01. The average molecular weight is 345 g/mol. The molecule has 3 aromatic rings. The van der Waals surface area contributed by atoms with Gasteiger partial charge in [-0.05, 0) is 28.1 Å². The van der Waals surface area contributed by atoms with Gasteiger partial charge in [0.05, 0.1) is 0 Å². The Bertz CT molecular complexity index is 835. The summed E-state index contributed by atoms with van der Waals surface area (Å²) in [6.45, 7) is 0.353. The van der Waals surface area contributed by atoms with Crippen molar-refractivity contribution in [2.75, 3.05) is 0 Å². The van der Waals surface area contributed by atoms with Gasteiger partial charge in [-0.2, -0.15) is 0 Å². The Morgan fingerprint density at radius 3 is 2.57 bits per heavy atom. The maximum absolute atomic E-state index is 11.6. The van der Waals surface area contributed by atoms with Crippen LogP contribution in [0, 0.1) is 0 Å². The SMILES string of the molecule is O=C(NCc1ccc(-c2ccccc2)c2ccncc12)C(Cl)Cl. The number of nitrogens with zero attached hydrogens (tertiary/aromatic N) is 1. The third-order valence-electron chi connectivity index (χ3n) is 3.64. The van der Waals surface area contributed by atoms with E-state index in [1.165, 1.54) is 0 Å². The lowest BCUT2D eigenvalue weighted by molar-refractivity contribution is -0.119. The van der Waals surface area contributed by atoms with E-state index in [-0.39, 0.29) is 0 Å². The highest BCUT2D eigenvalue weighted by atomic mass is 35.5. The smallest absolute Gasteiger partial charge is 0.253 e. The monoisotopic (exact) mass is 344 g/mol. The van der Waals surface area contributed by atoms with Gasteiger partial charge >= 0.3 is 0 Å². The standard InChI is InChI=1S/C18H14Cl2N2O/c19-17(20)18(23)22-10-13-6-7-14(12-4-2-1-3-5-12)15-8-9-21-11-16(13)15/h1-9,11,17H,10H2,(H,22,23). The minimum atomic E-state index is -1.07. The molecule has 0 fully saturated rings. The summed E-state index contributed by atoms with van der Waals surface area (Å²) >= 11 is 11.1. The molecule has 0 saturated heterocycles. The van der Waals surface area contributed by atoms with Crippen molar-refractivity contribution < 1.29 is 4.79 Å². The molecular formula is C18H14Cl2N2O. The molecule has 0 radical (unpaired) electrons. The average Bonchev–Trinajstić information content (AvgIpc) is 2.60. The van der Waals surface area contributed by atoms with E-state index in [0.717, 1.165) is 27.5 Å². The van der Waals surface area contributed by atoms with Gasteiger partial charge in [-0.1, -0.05) is 65.7 Å². The number of rotatable bonds is 4. The van der Waals surface area contributed by atoms with E-state index < -0.39 is 10.7 Å². The van der Waals surface area contributed by atoms with Crippen LogP contribution in [0.3, 0.4) is 0 Å². The zero-order chi connectivity index (χ0) is 16.2. The van der Waals surface area contributed by atoms with Gasteiger partial charge in [-0.25, -0.2) is 0 Å². The number of aromatic nitrogens is 1. The van der Waals surface area contributed by atoms with E-state index in [2.05, 4.69) is 28.5 Å². The second-order valence-electron chi connectivity index (χ2n) is 5.08. The van der Waals surface area contributed by atoms with Crippen LogP contribution in [0.2, 0.25) is 0 Å². The van der Waals surface area contributed by atoms with Crippen molar-refractivity contribution in [2.24, 2.45) is 0 Å². The van der Waals surface area contributed by atoms with Crippen LogP contribution in [0.4, 0.5) is 0 Å². The summed E-state index contributed by atoms with van der Waals surface area (Å²) in [5.74, 6) is -0.405. The van der Waals surface area contributed by atoms with E-state index in [1.807, 2.05) is 36.5 Å². The normalized spacial score (nSPS) is 10.9. The van der Waals surface area contributed by atoms with Gasteiger partial charge in [-0.3, -0.25) is 9.78 Å². The molecule has 1 heterocycles. The first kappa shape index (κ1) is 15.8. The Morgan fingerprint density at radius 1 is 1.04 bits per heavy atom. The van der Waals surface area contributed by atoms with E-state index in [4.69, 9.17) is 23.2 Å². The molecule has 1 aromatic heterocycles. The molecule has 0 saturated carbocycles. The summed E-state index contributed by atoms with van der Waals surface area (Å²) in [6, 6.07) is 16.2. The molecule has 3 rings (SSSR count). The van der Waals surface area contributed by atoms with Crippen molar-refractivity contribution in [1.29, 1.82) is 0 Å². The Hall–Kier alpha value is -2.10. The molecule has 0 bridgehead atoms. The van der Waals surface area contributed by atoms with E-state index >= 15 is 0 Å². The van der Waals surface area contributed by atoms with Gasteiger partial charge in [-0.15, -0.1) is 0 Å². The Labute approximate surface area is 144 Å². The molecule has 0 unspecified atom stereocenters. The van der Waals surface area contributed by atoms with Crippen LogP contribution in [0.25, 0.3) is 21.9 Å². The van der Waals surface area contributed by atoms with E-state index in [0.29, 0.717) is 6.54 Å². The Morgan fingerprint density at radius 2 is 1.83 bits per heavy atom. The fourth-order valence-electron chi connectivity index (χ4n) is 2.53. The highest BCUT2D eigenvalue weighted by molar-refractivity contribution is 6.53. The fourth-order valence-corrected chi connectivity index (χ4v) is 2.69. The maximum Gasteiger partial charge on any atom is 0.253 e. The van der Waals surface area contributed by atoms with Crippen LogP contribution in [0.5, 0.6) is 0 Å². The van der Waals surface area contributed by atoms with Gasteiger partial charge in [0.1, 0.15) is 0 Å². The molecule has 0 atom stereocenters. The lowest BCUT2D eigenvalue weighted by Crippen LogP contribution is -2.27. The molecule has 2 aromatic carbocycles. The van der Waals surface area contributed by atoms with Crippen molar-refractivity contribution in [3.63, 3.8) is 0 Å². The van der Waals surface area contributed by atoms with E-state index in [9.17, 15) is 4.79 Å². The predicted octanol–water partition coefficient (Wildman–Crippen LogP) is 4.32. The largest absolute Gasteiger partial charge is 0.350 e. The summed E-state index contributed by atoms with van der Waals surface area (Å²) < 4.78 is 0. The van der Waals surface area contributed by atoms with Crippen molar-refractivity contribution >= 4 is 39.9 Å². The van der Waals surface area contributed by atoms with Crippen LogP contribution >= 0.6 is 23.2 Å². The number of halogens is 2. The van der Waals surface area contributed by atoms with Crippen molar-refractivity contribution in [2.45, 2.75) is 11.4 Å². The molecular weight excluding hydrogens is 331 g/mol. The molecule has 1 amide bonds. The minimum absolute atomic E-state index is 0.353. The molecule has 5 heteroatoms. The number of carbonyl (C=O) groups is 1. The summed E-state index contributed by atoms with van der Waals surface area (Å²) in [6.07, 6.45) is 3.58. The molecule has 0 aliphatic carbocycles. The quantitative estimate of drug-likeness (QED) is 0.716. The van der Waals surface area contributed by atoms with Crippen molar-refractivity contribution in [3.05, 3.63) is 66.5 Å². The first-order chi connectivity index (χ1) is 11.2. The summed E-state index contributed by atoms with van der Waals surface area (Å²) in [4.78, 5) is 14.7. The lowest BCUT2D eigenvalue weighted by atomic mass is 9.96. The molecule has 0 spiro atoms. The van der Waals surface area contributed by atoms with Crippen molar-refractivity contribution in [1.82, 2.24) is 10.3 Å². The molecule has 23 heavy (non-hydrogen) atoms. The number of carbonyl (C=O) groups excluding carboxylic acids is 1. The highest BCUT2D eigenvalue weighted by Gasteiger charge is 2.12. The van der Waals surface area contributed by atoms with Crippen LogP contribution in [-0.4, -0.2) is 15.7 Å². The number of fused-ring (bicyclic) bond motifs is 1. The zero-order valence-electron chi connectivity index (χ0n) is 12.2. The van der Waals surface area contributed by atoms with Gasteiger partial charge in [0.25, 0.3) is 5.91 Å². The third kappa shape index (κ3) is 3.46. The maximum atomic E-state index is 11.6.